The van der Waals surface area contributed by atoms with E-state index in [0.29, 0.717) is 36.9 Å². The highest BCUT2D eigenvalue weighted by molar-refractivity contribution is 6.33. The van der Waals surface area contributed by atoms with Gasteiger partial charge in [-0.15, -0.1) is 0 Å². The average molecular weight is 384 g/mol. The van der Waals surface area contributed by atoms with Crippen molar-refractivity contribution in [2.24, 2.45) is 0 Å². The van der Waals surface area contributed by atoms with Crippen molar-refractivity contribution < 1.29 is 9.59 Å². The number of piperazine rings is 1. The van der Waals surface area contributed by atoms with Crippen LogP contribution in [0.15, 0.2) is 60.3 Å². The number of carbonyl (C=O) groups excluding carboxylic acids is 2. The van der Waals surface area contributed by atoms with Crippen LogP contribution in [0.1, 0.15) is 12.5 Å². The molecule has 1 aliphatic rings. The van der Waals surface area contributed by atoms with E-state index in [2.05, 4.69) is 10.2 Å². The Morgan fingerprint density at radius 3 is 2.22 bits per heavy atom. The SMILES string of the molecule is CC(=O)N/C(=C\c1ccccc1)C(=O)N1CCN(c2ccccc2Cl)CC1. The Hall–Kier alpha value is -2.79. The van der Waals surface area contributed by atoms with E-state index >= 15 is 0 Å². The predicted octanol–water partition coefficient (Wildman–Crippen LogP) is 3.17. The number of nitrogens with one attached hydrogen (secondary N) is 1. The first kappa shape index (κ1) is 19.0. The Morgan fingerprint density at radius 2 is 1.59 bits per heavy atom. The van der Waals surface area contributed by atoms with Crippen molar-refractivity contribution in [2.45, 2.75) is 6.92 Å². The van der Waals surface area contributed by atoms with E-state index in [9.17, 15) is 9.59 Å². The Kier molecular flexibility index (Phi) is 6.14. The lowest BCUT2D eigenvalue weighted by molar-refractivity contribution is -0.129. The number of benzene rings is 2. The molecule has 0 saturated carbocycles. The van der Waals surface area contributed by atoms with Crippen molar-refractivity contribution in [3.8, 4) is 0 Å². The number of para-hydroxylation sites is 1. The molecule has 27 heavy (non-hydrogen) atoms. The lowest BCUT2D eigenvalue weighted by Crippen LogP contribution is -2.50. The minimum Gasteiger partial charge on any atom is -0.367 e. The van der Waals surface area contributed by atoms with Crippen molar-refractivity contribution in [1.29, 1.82) is 0 Å². The second-order valence-corrected chi connectivity index (χ2v) is 6.79. The number of rotatable bonds is 4. The Balaban J connectivity index is 1.71. The monoisotopic (exact) mass is 383 g/mol. The molecule has 0 aliphatic carbocycles. The Labute approximate surface area is 164 Å². The van der Waals surface area contributed by atoms with E-state index in [1.54, 1.807) is 11.0 Å². The third-order valence-electron chi connectivity index (χ3n) is 4.41. The van der Waals surface area contributed by atoms with Crippen molar-refractivity contribution in [3.63, 3.8) is 0 Å². The molecular formula is C21H22ClN3O2. The molecule has 2 amide bonds. The summed E-state index contributed by atoms with van der Waals surface area (Å²) >= 11 is 6.28. The molecule has 0 spiro atoms. The number of hydrogen-bond donors (Lipinski definition) is 1. The minimum atomic E-state index is -0.264. The fourth-order valence-corrected chi connectivity index (χ4v) is 3.34. The molecular weight excluding hydrogens is 362 g/mol. The number of halogens is 1. The van der Waals surface area contributed by atoms with Gasteiger partial charge in [-0.1, -0.05) is 54.1 Å². The molecule has 5 nitrogen and oxygen atoms in total. The lowest BCUT2D eigenvalue weighted by Gasteiger charge is -2.36. The van der Waals surface area contributed by atoms with E-state index in [1.807, 2.05) is 54.6 Å². The molecule has 0 radical (unpaired) electrons. The summed E-state index contributed by atoms with van der Waals surface area (Å²) in [5, 5.41) is 3.38. The smallest absolute Gasteiger partial charge is 0.270 e. The summed E-state index contributed by atoms with van der Waals surface area (Å²) in [6.07, 6.45) is 1.71. The van der Waals surface area contributed by atoms with Gasteiger partial charge in [0.05, 0.1) is 10.7 Å². The topological polar surface area (TPSA) is 52.7 Å². The van der Waals surface area contributed by atoms with E-state index in [4.69, 9.17) is 11.6 Å². The first-order valence-corrected chi connectivity index (χ1v) is 9.25. The van der Waals surface area contributed by atoms with Gasteiger partial charge in [-0.2, -0.15) is 0 Å². The molecule has 1 heterocycles. The fraction of sp³-hybridized carbons (Fsp3) is 0.238. The number of carbonyl (C=O) groups is 2. The number of anilines is 1. The molecule has 0 bridgehead atoms. The van der Waals surface area contributed by atoms with Crippen molar-refractivity contribution in [3.05, 3.63) is 70.9 Å². The van der Waals surface area contributed by atoms with E-state index in [1.165, 1.54) is 6.92 Å². The first-order valence-electron chi connectivity index (χ1n) is 8.87. The van der Waals surface area contributed by atoms with Gasteiger partial charge in [-0.05, 0) is 23.8 Å². The maximum Gasteiger partial charge on any atom is 0.270 e. The Morgan fingerprint density at radius 1 is 0.963 bits per heavy atom. The van der Waals surface area contributed by atoms with Gasteiger partial charge in [0.25, 0.3) is 5.91 Å². The van der Waals surface area contributed by atoms with Crippen LogP contribution >= 0.6 is 11.6 Å². The van der Waals surface area contributed by atoms with Gasteiger partial charge in [0.15, 0.2) is 0 Å². The summed E-state index contributed by atoms with van der Waals surface area (Å²) in [4.78, 5) is 28.4. The molecule has 0 atom stereocenters. The zero-order valence-electron chi connectivity index (χ0n) is 15.2. The molecule has 1 N–H and O–H groups in total. The second kappa shape index (κ2) is 8.73. The molecule has 3 rings (SSSR count). The molecule has 6 heteroatoms. The van der Waals surface area contributed by atoms with E-state index < -0.39 is 0 Å². The summed E-state index contributed by atoms with van der Waals surface area (Å²) in [7, 11) is 0. The van der Waals surface area contributed by atoms with E-state index in [-0.39, 0.29) is 11.8 Å². The standard InChI is InChI=1S/C21H22ClN3O2/c1-16(26)23-19(15-17-7-3-2-4-8-17)21(27)25-13-11-24(12-14-25)20-10-6-5-9-18(20)22/h2-10,15H,11-14H2,1H3,(H,23,26)/b19-15-. The van der Waals surface area contributed by atoms with Gasteiger partial charge in [-0.3, -0.25) is 9.59 Å². The minimum absolute atomic E-state index is 0.173. The third kappa shape index (κ3) is 4.89. The molecule has 2 aromatic carbocycles. The van der Waals surface area contributed by atoms with Gasteiger partial charge in [0, 0.05) is 33.1 Å². The summed E-state index contributed by atoms with van der Waals surface area (Å²) in [6.45, 7) is 3.91. The zero-order valence-corrected chi connectivity index (χ0v) is 15.9. The highest BCUT2D eigenvalue weighted by Crippen LogP contribution is 2.26. The molecule has 1 fully saturated rings. The van der Waals surface area contributed by atoms with Gasteiger partial charge in [0.1, 0.15) is 5.70 Å². The first-order chi connectivity index (χ1) is 13.0. The largest absolute Gasteiger partial charge is 0.367 e. The van der Waals surface area contributed by atoms with Gasteiger partial charge in [0.2, 0.25) is 5.91 Å². The van der Waals surface area contributed by atoms with Crippen LogP contribution in [-0.4, -0.2) is 42.9 Å². The van der Waals surface area contributed by atoms with Gasteiger partial charge < -0.3 is 15.1 Å². The summed E-state index contributed by atoms with van der Waals surface area (Å²) in [5.41, 5.74) is 2.14. The molecule has 0 aromatic heterocycles. The van der Waals surface area contributed by atoms with Crippen LogP contribution in [-0.2, 0) is 9.59 Å². The summed E-state index contributed by atoms with van der Waals surface area (Å²) in [5.74, 6) is -0.437. The van der Waals surface area contributed by atoms with Crippen LogP contribution in [0.4, 0.5) is 5.69 Å². The van der Waals surface area contributed by atoms with E-state index in [0.717, 1.165) is 11.3 Å². The highest BCUT2D eigenvalue weighted by atomic mass is 35.5. The zero-order chi connectivity index (χ0) is 19.2. The molecule has 140 valence electrons. The normalized spacial score (nSPS) is 14.8. The van der Waals surface area contributed by atoms with Crippen LogP contribution < -0.4 is 10.2 Å². The molecule has 0 unspecified atom stereocenters. The molecule has 1 saturated heterocycles. The Bertz CT molecular complexity index is 844. The van der Waals surface area contributed by atoms with Crippen LogP contribution in [0.25, 0.3) is 6.08 Å². The molecule has 1 aliphatic heterocycles. The number of hydrogen-bond acceptors (Lipinski definition) is 3. The van der Waals surface area contributed by atoms with Gasteiger partial charge in [-0.25, -0.2) is 0 Å². The lowest BCUT2D eigenvalue weighted by atomic mass is 10.1. The maximum absolute atomic E-state index is 12.9. The summed E-state index contributed by atoms with van der Waals surface area (Å²) in [6, 6.07) is 17.2. The van der Waals surface area contributed by atoms with Crippen LogP contribution in [0.3, 0.4) is 0 Å². The predicted molar refractivity (Wildman–Crippen MR) is 108 cm³/mol. The van der Waals surface area contributed by atoms with Crippen molar-refractivity contribution in [1.82, 2.24) is 10.2 Å². The quantitative estimate of drug-likeness (QED) is 0.825. The number of nitrogens with zero attached hydrogens (tertiary/aromatic N) is 2. The van der Waals surface area contributed by atoms with Crippen LogP contribution in [0, 0.1) is 0 Å². The van der Waals surface area contributed by atoms with Crippen molar-refractivity contribution in [2.75, 3.05) is 31.1 Å². The number of amides is 2. The molecule has 2 aromatic rings. The fourth-order valence-electron chi connectivity index (χ4n) is 3.09. The van der Waals surface area contributed by atoms with Crippen LogP contribution in [0.2, 0.25) is 5.02 Å². The maximum atomic E-state index is 12.9. The summed E-state index contributed by atoms with van der Waals surface area (Å²) < 4.78 is 0. The third-order valence-corrected chi connectivity index (χ3v) is 4.73. The van der Waals surface area contributed by atoms with Crippen LogP contribution in [0.5, 0.6) is 0 Å². The van der Waals surface area contributed by atoms with Crippen molar-refractivity contribution >= 4 is 35.2 Å². The second-order valence-electron chi connectivity index (χ2n) is 6.38. The average Bonchev–Trinajstić information content (AvgIpc) is 2.68. The van der Waals surface area contributed by atoms with Gasteiger partial charge >= 0.3 is 0 Å². The highest BCUT2D eigenvalue weighted by Gasteiger charge is 2.25.